The highest BCUT2D eigenvalue weighted by Gasteiger charge is 2.19. The summed E-state index contributed by atoms with van der Waals surface area (Å²) < 4.78 is 11.5. The van der Waals surface area contributed by atoms with Crippen molar-refractivity contribution in [2.24, 2.45) is 0 Å². The van der Waals surface area contributed by atoms with Crippen LogP contribution in [0.3, 0.4) is 0 Å². The topological polar surface area (TPSA) is 47.6 Å². The van der Waals surface area contributed by atoms with Gasteiger partial charge in [-0.25, -0.2) is 0 Å². The summed E-state index contributed by atoms with van der Waals surface area (Å²) in [5.41, 5.74) is 2.59. The van der Waals surface area contributed by atoms with E-state index in [2.05, 4.69) is 11.4 Å². The van der Waals surface area contributed by atoms with Gasteiger partial charge in [0.05, 0.1) is 11.6 Å². The van der Waals surface area contributed by atoms with Crippen LogP contribution in [0, 0.1) is 0 Å². The molecule has 1 amide bonds. The van der Waals surface area contributed by atoms with Crippen molar-refractivity contribution >= 4 is 17.5 Å². The van der Waals surface area contributed by atoms with Gasteiger partial charge in [-0.1, -0.05) is 35.9 Å². The third kappa shape index (κ3) is 4.70. The van der Waals surface area contributed by atoms with Gasteiger partial charge in [-0.05, 0) is 61.9 Å². The van der Waals surface area contributed by atoms with Gasteiger partial charge in [-0.15, -0.1) is 0 Å². The van der Waals surface area contributed by atoms with Crippen molar-refractivity contribution in [1.82, 2.24) is 5.32 Å². The van der Waals surface area contributed by atoms with Crippen molar-refractivity contribution < 1.29 is 14.3 Å². The number of hydrogen-bond acceptors (Lipinski definition) is 3. The Bertz CT molecular complexity index is 763. The number of fused-ring (bicyclic) bond motifs is 1. The Morgan fingerprint density at radius 2 is 1.88 bits per heavy atom. The second kappa shape index (κ2) is 8.95. The van der Waals surface area contributed by atoms with Gasteiger partial charge in [-0.3, -0.25) is 4.79 Å². The van der Waals surface area contributed by atoms with Crippen LogP contribution < -0.4 is 14.8 Å². The summed E-state index contributed by atoms with van der Waals surface area (Å²) >= 11 is 6.03. The highest BCUT2D eigenvalue weighted by Crippen LogP contribution is 2.30. The molecule has 138 valence electrons. The number of rotatable bonds is 7. The smallest absolute Gasteiger partial charge is 0.260 e. The molecule has 0 radical (unpaired) electrons. The molecule has 0 fully saturated rings. The van der Waals surface area contributed by atoms with E-state index in [1.54, 1.807) is 19.1 Å². The van der Waals surface area contributed by atoms with E-state index >= 15 is 0 Å². The van der Waals surface area contributed by atoms with E-state index < -0.39 is 6.10 Å². The number of ether oxygens (including phenoxy) is 2. The van der Waals surface area contributed by atoms with Gasteiger partial charge >= 0.3 is 0 Å². The minimum absolute atomic E-state index is 0.152. The number of halogens is 1. The second-order valence-electron chi connectivity index (χ2n) is 6.43. The first-order valence-corrected chi connectivity index (χ1v) is 9.45. The summed E-state index contributed by atoms with van der Waals surface area (Å²) in [4.78, 5) is 12.3. The number of amides is 1. The third-order valence-corrected chi connectivity index (χ3v) is 4.83. The highest BCUT2D eigenvalue weighted by molar-refractivity contribution is 6.32. The van der Waals surface area contributed by atoms with Gasteiger partial charge in [0.1, 0.15) is 18.1 Å². The second-order valence-corrected chi connectivity index (χ2v) is 6.84. The molecule has 1 N–H and O–H groups in total. The SMILES string of the molecule is C[C@@H](Oc1cccc2c1CCCC2)C(=O)NCCOc1ccccc1Cl. The molecular weight excluding hydrogens is 350 g/mol. The molecule has 1 aliphatic rings. The van der Waals surface area contributed by atoms with Crippen LogP contribution in [0.4, 0.5) is 0 Å². The number of aryl methyl sites for hydroxylation is 1. The summed E-state index contributed by atoms with van der Waals surface area (Å²) in [7, 11) is 0. The van der Waals surface area contributed by atoms with Gasteiger partial charge in [0.25, 0.3) is 5.91 Å². The van der Waals surface area contributed by atoms with E-state index in [1.165, 1.54) is 24.0 Å². The zero-order valence-corrected chi connectivity index (χ0v) is 15.7. The lowest BCUT2D eigenvalue weighted by Gasteiger charge is -2.22. The molecular formula is C21H24ClNO3. The Balaban J connectivity index is 1.47. The number of hydrogen-bond donors (Lipinski definition) is 1. The summed E-state index contributed by atoms with van der Waals surface area (Å²) in [6, 6.07) is 13.4. The molecule has 1 atom stereocenters. The molecule has 4 nitrogen and oxygen atoms in total. The largest absolute Gasteiger partial charge is 0.490 e. The first-order valence-electron chi connectivity index (χ1n) is 9.07. The maximum absolute atomic E-state index is 12.3. The molecule has 2 aromatic rings. The Labute approximate surface area is 159 Å². The number of benzene rings is 2. The molecule has 0 saturated carbocycles. The molecule has 26 heavy (non-hydrogen) atoms. The van der Waals surface area contributed by atoms with Crippen LogP contribution in [0.25, 0.3) is 0 Å². The minimum Gasteiger partial charge on any atom is -0.490 e. The fraction of sp³-hybridized carbons (Fsp3) is 0.381. The van der Waals surface area contributed by atoms with Gasteiger partial charge in [-0.2, -0.15) is 0 Å². The number of carbonyl (C=O) groups is 1. The molecule has 0 unspecified atom stereocenters. The van der Waals surface area contributed by atoms with Crippen molar-refractivity contribution in [3.8, 4) is 11.5 Å². The van der Waals surface area contributed by atoms with Crippen LogP contribution in [-0.2, 0) is 17.6 Å². The monoisotopic (exact) mass is 373 g/mol. The molecule has 1 aliphatic carbocycles. The Kier molecular flexibility index (Phi) is 6.40. The van der Waals surface area contributed by atoms with Crippen LogP contribution in [0.15, 0.2) is 42.5 Å². The normalized spacial score (nSPS) is 14.2. The minimum atomic E-state index is -0.552. The first kappa shape index (κ1) is 18.6. The molecule has 0 bridgehead atoms. The Hall–Kier alpha value is -2.20. The van der Waals surface area contributed by atoms with Crippen molar-refractivity contribution in [1.29, 1.82) is 0 Å². The number of para-hydroxylation sites is 1. The molecule has 0 aliphatic heterocycles. The molecule has 0 spiro atoms. The molecule has 0 aromatic heterocycles. The fourth-order valence-electron chi connectivity index (χ4n) is 3.14. The van der Waals surface area contributed by atoms with E-state index in [1.807, 2.05) is 24.3 Å². The van der Waals surface area contributed by atoms with Crippen molar-refractivity contribution in [2.45, 2.75) is 38.7 Å². The van der Waals surface area contributed by atoms with Crippen molar-refractivity contribution in [3.05, 3.63) is 58.6 Å². The molecule has 3 rings (SSSR count). The van der Waals surface area contributed by atoms with Crippen LogP contribution >= 0.6 is 11.6 Å². The number of carbonyl (C=O) groups excluding carboxylic acids is 1. The first-order chi connectivity index (χ1) is 12.6. The van der Waals surface area contributed by atoms with E-state index in [4.69, 9.17) is 21.1 Å². The van der Waals surface area contributed by atoms with Gasteiger partial charge in [0.15, 0.2) is 6.10 Å². The van der Waals surface area contributed by atoms with Gasteiger partial charge < -0.3 is 14.8 Å². The Morgan fingerprint density at radius 1 is 1.12 bits per heavy atom. The molecule has 0 heterocycles. The van der Waals surface area contributed by atoms with E-state index in [-0.39, 0.29) is 5.91 Å². The standard InChI is InChI=1S/C21H24ClNO3/c1-15(26-19-12-6-8-16-7-2-3-9-17(16)19)21(24)23-13-14-25-20-11-5-4-10-18(20)22/h4-6,8,10-12,15H,2-3,7,9,13-14H2,1H3,(H,23,24)/t15-/m1/s1. The quantitative estimate of drug-likeness (QED) is 0.740. The Morgan fingerprint density at radius 3 is 2.73 bits per heavy atom. The zero-order chi connectivity index (χ0) is 18.4. The van der Waals surface area contributed by atoms with Gasteiger partial charge in [0, 0.05) is 0 Å². The highest BCUT2D eigenvalue weighted by atomic mass is 35.5. The van der Waals surface area contributed by atoms with Crippen LogP contribution in [-0.4, -0.2) is 25.2 Å². The number of nitrogens with one attached hydrogen (secondary N) is 1. The van der Waals surface area contributed by atoms with Crippen LogP contribution in [0.5, 0.6) is 11.5 Å². The third-order valence-electron chi connectivity index (χ3n) is 4.52. The lowest BCUT2D eigenvalue weighted by molar-refractivity contribution is -0.127. The fourth-order valence-corrected chi connectivity index (χ4v) is 3.33. The van der Waals surface area contributed by atoms with E-state index in [9.17, 15) is 4.79 Å². The molecule has 2 aromatic carbocycles. The van der Waals surface area contributed by atoms with Crippen molar-refractivity contribution in [3.63, 3.8) is 0 Å². The maximum Gasteiger partial charge on any atom is 0.260 e. The summed E-state index contributed by atoms with van der Waals surface area (Å²) in [5, 5.41) is 3.40. The summed E-state index contributed by atoms with van der Waals surface area (Å²) in [5.74, 6) is 1.29. The molecule has 5 heteroatoms. The maximum atomic E-state index is 12.3. The lowest BCUT2D eigenvalue weighted by Crippen LogP contribution is -2.38. The molecule has 0 saturated heterocycles. The van der Waals surface area contributed by atoms with Gasteiger partial charge in [0.2, 0.25) is 0 Å². The average Bonchev–Trinajstić information content (AvgIpc) is 2.66. The zero-order valence-electron chi connectivity index (χ0n) is 15.0. The van der Waals surface area contributed by atoms with Crippen molar-refractivity contribution in [2.75, 3.05) is 13.2 Å². The predicted molar refractivity (Wildman–Crippen MR) is 103 cm³/mol. The predicted octanol–water partition coefficient (Wildman–Crippen LogP) is 4.18. The van der Waals surface area contributed by atoms with Crippen LogP contribution in [0.2, 0.25) is 5.02 Å². The van der Waals surface area contributed by atoms with E-state index in [0.29, 0.717) is 23.9 Å². The summed E-state index contributed by atoms with van der Waals surface area (Å²) in [6.07, 6.45) is 3.95. The van der Waals surface area contributed by atoms with Crippen LogP contribution in [0.1, 0.15) is 30.9 Å². The van der Waals surface area contributed by atoms with E-state index in [0.717, 1.165) is 18.6 Å². The lowest BCUT2D eigenvalue weighted by atomic mass is 9.91. The summed E-state index contributed by atoms with van der Waals surface area (Å²) in [6.45, 7) is 2.51. The average molecular weight is 374 g/mol.